The first-order valence-corrected chi connectivity index (χ1v) is 8.42. The zero-order valence-corrected chi connectivity index (χ0v) is 13.7. The highest BCUT2D eigenvalue weighted by molar-refractivity contribution is 7.99. The molecule has 1 N–H and O–H groups in total. The summed E-state index contributed by atoms with van der Waals surface area (Å²) in [6, 6.07) is 5.61. The van der Waals surface area contributed by atoms with E-state index < -0.39 is 5.97 Å². The number of carboxylic acid groups (broad SMARTS) is 1. The summed E-state index contributed by atoms with van der Waals surface area (Å²) in [7, 11) is 0. The summed E-state index contributed by atoms with van der Waals surface area (Å²) >= 11 is 1.69. The van der Waals surface area contributed by atoms with Crippen LogP contribution in [0.5, 0.6) is 5.75 Å². The predicted molar refractivity (Wildman–Crippen MR) is 86.5 cm³/mol. The summed E-state index contributed by atoms with van der Waals surface area (Å²) in [5.74, 6) is 1.19. The highest BCUT2D eigenvalue weighted by atomic mass is 32.2. The van der Waals surface area contributed by atoms with E-state index >= 15 is 0 Å². The second kappa shape index (κ2) is 7.54. The van der Waals surface area contributed by atoms with Gasteiger partial charge >= 0.3 is 5.97 Å². The standard InChI is InChI=1S/C16H21NO4S/c1-11-3-4-12(2)14(7-11)21-9-15(18)17-5-6-22-10-13(17)8-16(19)20/h3-4,7,13H,5-6,8-10H2,1-2H3,(H,19,20). The minimum atomic E-state index is -0.874. The lowest BCUT2D eigenvalue weighted by Gasteiger charge is -2.34. The van der Waals surface area contributed by atoms with Crippen LogP contribution < -0.4 is 4.74 Å². The Morgan fingerprint density at radius 3 is 2.91 bits per heavy atom. The number of aliphatic carboxylic acids is 1. The molecule has 22 heavy (non-hydrogen) atoms. The molecular weight excluding hydrogens is 302 g/mol. The Bertz CT molecular complexity index is 561. The molecule has 1 atom stereocenters. The Kier molecular flexibility index (Phi) is 5.71. The van der Waals surface area contributed by atoms with Gasteiger partial charge < -0.3 is 14.7 Å². The van der Waals surface area contributed by atoms with Crippen molar-refractivity contribution in [3.05, 3.63) is 29.3 Å². The number of aryl methyl sites for hydroxylation is 2. The molecule has 1 fully saturated rings. The van der Waals surface area contributed by atoms with Gasteiger partial charge in [-0.3, -0.25) is 9.59 Å². The minimum absolute atomic E-state index is 0.0117. The summed E-state index contributed by atoms with van der Waals surface area (Å²) < 4.78 is 5.64. The number of carbonyl (C=O) groups is 2. The first-order valence-electron chi connectivity index (χ1n) is 7.26. The largest absolute Gasteiger partial charge is 0.483 e. The molecule has 0 spiro atoms. The molecule has 0 aromatic heterocycles. The van der Waals surface area contributed by atoms with E-state index in [0.29, 0.717) is 18.0 Å². The van der Waals surface area contributed by atoms with Gasteiger partial charge in [0.1, 0.15) is 5.75 Å². The van der Waals surface area contributed by atoms with Gasteiger partial charge in [0.05, 0.1) is 12.5 Å². The van der Waals surface area contributed by atoms with Gasteiger partial charge in [-0.15, -0.1) is 0 Å². The third-order valence-corrected chi connectivity index (χ3v) is 4.74. The van der Waals surface area contributed by atoms with E-state index in [-0.39, 0.29) is 25.0 Å². The monoisotopic (exact) mass is 323 g/mol. The molecule has 1 aromatic carbocycles. The van der Waals surface area contributed by atoms with Crippen molar-refractivity contribution < 1.29 is 19.4 Å². The van der Waals surface area contributed by atoms with Crippen LogP contribution in [0.1, 0.15) is 17.5 Å². The molecule has 1 heterocycles. The van der Waals surface area contributed by atoms with Crippen molar-refractivity contribution in [3.8, 4) is 5.75 Å². The molecule has 1 aliphatic rings. The fourth-order valence-corrected chi connectivity index (χ4v) is 3.50. The molecule has 0 bridgehead atoms. The highest BCUT2D eigenvalue weighted by Gasteiger charge is 2.29. The highest BCUT2D eigenvalue weighted by Crippen LogP contribution is 2.21. The second-order valence-corrected chi connectivity index (χ2v) is 6.62. The van der Waals surface area contributed by atoms with Crippen molar-refractivity contribution in [2.45, 2.75) is 26.3 Å². The molecule has 1 aliphatic heterocycles. The Hall–Kier alpha value is -1.69. The van der Waals surface area contributed by atoms with Crippen molar-refractivity contribution in [2.75, 3.05) is 24.7 Å². The van der Waals surface area contributed by atoms with E-state index in [1.165, 1.54) is 0 Å². The fourth-order valence-electron chi connectivity index (χ4n) is 2.44. The maximum atomic E-state index is 12.4. The summed E-state index contributed by atoms with van der Waals surface area (Å²) in [6.45, 7) is 4.44. The van der Waals surface area contributed by atoms with E-state index in [9.17, 15) is 9.59 Å². The quantitative estimate of drug-likeness (QED) is 0.899. The van der Waals surface area contributed by atoms with E-state index in [1.54, 1.807) is 16.7 Å². The van der Waals surface area contributed by atoms with E-state index in [1.807, 2.05) is 32.0 Å². The maximum absolute atomic E-state index is 12.4. The van der Waals surface area contributed by atoms with Crippen LogP contribution >= 0.6 is 11.8 Å². The Morgan fingerprint density at radius 1 is 1.41 bits per heavy atom. The van der Waals surface area contributed by atoms with E-state index in [4.69, 9.17) is 9.84 Å². The van der Waals surface area contributed by atoms with Gasteiger partial charge in [-0.2, -0.15) is 11.8 Å². The van der Waals surface area contributed by atoms with Crippen LogP contribution in [0.3, 0.4) is 0 Å². The van der Waals surface area contributed by atoms with Gasteiger partial charge in [-0.05, 0) is 31.0 Å². The van der Waals surface area contributed by atoms with Crippen molar-refractivity contribution in [3.63, 3.8) is 0 Å². The number of thioether (sulfide) groups is 1. The average Bonchev–Trinajstić information content (AvgIpc) is 2.48. The number of nitrogens with zero attached hydrogens (tertiary/aromatic N) is 1. The van der Waals surface area contributed by atoms with Gasteiger partial charge in [0.2, 0.25) is 0 Å². The molecule has 1 aromatic rings. The molecule has 0 aliphatic carbocycles. The van der Waals surface area contributed by atoms with Crippen LogP contribution in [-0.2, 0) is 9.59 Å². The lowest BCUT2D eigenvalue weighted by molar-refractivity contribution is -0.141. The Morgan fingerprint density at radius 2 is 2.18 bits per heavy atom. The SMILES string of the molecule is Cc1ccc(C)c(OCC(=O)N2CCSCC2CC(=O)O)c1. The van der Waals surface area contributed by atoms with Crippen molar-refractivity contribution >= 4 is 23.6 Å². The van der Waals surface area contributed by atoms with Crippen LogP contribution in [0.4, 0.5) is 0 Å². The summed E-state index contributed by atoms with van der Waals surface area (Å²) in [6.07, 6.45) is -0.0117. The van der Waals surface area contributed by atoms with Crippen LogP contribution in [0, 0.1) is 13.8 Å². The molecule has 0 radical (unpaired) electrons. The third kappa shape index (κ3) is 4.40. The first-order chi connectivity index (χ1) is 10.5. The summed E-state index contributed by atoms with van der Waals surface area (Å²) in [4.78, 5) is 24.9. The normalized spacial score (nSPS) is 18.1. The van der Waals surface area contributed by atoms with Gasteiger partial charge in [-0.1, -0.05) is 12.1 Å². The zero-order chi connectivity index (χ0) is 16.1. The van der Waals surface area contributed by atoms with Gasteiger partial charge in [0.15, 0.2) is 6.61 Å². The molecular formula is C16H21NO4S. The van der Waals surface area contributed by atoms with Crippen LogP contribution in [0.25, 0.3) is 0 Å². The van der Waals surface area contributed by atoms with Gasteiger partial charge in [0, 0.05) is 18.1 Å². The number of ether oxygens (including phenoxy) is 1. The van der Waals surface area contributed by atoms with Gasteiger partial charge in [-0.25, -0.2) is 0 Å². The number of hydrogen-bond donors (Lipinski definition) is 1. The Balaban J connectivity index is 1.97. The number of carbonyl (C=O) groups excluding carboxylic acids is 1. The van der Waals surface area contributed by atoms with Crippen molar-refractivity contribution in [1.82, 2.24) is 4.90 Å². The second-order valence-electron chi connectivity index (χ2n) is 5.47. The number of benzene rings is 1. The predicted octanol–water partition coefficient (Wildman–Crippen LogP) is 2.10. The molecule has 120 valence electrons. The lowest BCUT2D eigenvalue weighted by atomic mass is 10.1. The van der Waals surface area contributed by atoms with Crippen LogP contribution in [-0.4, -0.2) is 52.6 Å². The van der Waals surface area contributed by atoms with E-state index in [0.717, 1.165) is 16.9 Å². The smallest absolute Gasteiger partial charge is 0.305 e. The number of hydrogen-bond acceptors (Lipinski definition) is 4. The van der Waals surface area contributed by atoms with Crippen LogP contribution in [0.2, 0.25) is 0 Å². The topological polar surface area (TPSA) is 66.8 Å². The van der Waals surface area contributed by atoms with Gasteiger partial charge in [0.25, 0.3) is 5.91 Å². The zero-order valence-electron chi connectivity index (χ0n) is 12.9. The average molecular weight is 323 g/mol. The fraction of sp³-hybridized carbons (Fsp3) is 0.500. The molecule has 6 heteroatoms. The summed E-state index contributed by atoms with van der Waals surface area (Å²) in [5.41, 5.74) is 2.06. The molecule has 1 saturated heterocycles. The maximum Gasteiger partial charge on any atom is 0.305 e. The molecule has 2 rings (SSSR count). The van der Waals surface area contributed by atoms with Crippen molar-refractivity contribution in [1.29, 1.82) is 0 Å². The number of amides is 1. The Labute approximate surface area is 134 Å². The molecule has 1 unspecified atom stereocenters. The number of carboxylic acids is 1. The molecule has 0 saturated carbocycles. The van der Waals surface area contributed by atoms with E-state index in [2.05, 4.69) is 0 Å². The lowest BCUT2D eigenvalue weighted by Crippen LogP contribution is -2.48. The van der Waals surface area contributed by atoms with Crippen molar-refractivity contribution in [2.24, 2.45) is 0 Å². The third-order valence-electron chi connectivity index (χ3n) is 3.65. The number of rotatable bonds is 5. The first kappa shape index (κ1) is 16.7. The van der Waals surface area contributed by atoms with Crippen LogP contribution in [0.15, 0.2) is 18.2 Å². The minimum Gasteiger partial charge on any atom is -0.483 e. The molecule has 5 nitrogen and oxygen atoms in total. The molecule has 1 amide bonds. The summed E-state index contributed by atoms with van der Waals surface area (Å²) in [5, 5.41) is 8.96.